The van der Waals surface area contributed by atoms with E-state index < -0.39 is 5.82 Å². The Hall–Kier alpha value is -4.39. The molecule has 5 rings (SSSR count). The number of furan rings is 1. The van der Waals surface area contributed by atoms with Crippen LogP contribution in [0.2, 0.25) is 0 Å². The highest BCUT2D eigenvalue weighted by Gasteiger charge is 2.22. The van der Waals surface area contributed by atoms with Gasteiger partial charge in [-0.05, 0) is 48.4 Å². The van der Waals surface area contributed by atoms with Gasteiger partial charge in [0.05, 0.1) is 5.69 Å². The molecule has 2 aromatic heterocycles. The van der Waals surface area contributed by atoms with Crippen LogP contribution in [0.3, 0.4) is 0 Å². The zero-order valence-electron chi connectivity index (χ0n) is 18.4. The number of para-hydroxylation sites is 1. The summed E-state index contributed by atoms with van der Waals surface area (Å²) in [5.74, 6) is -0.174. The molecule has 0 saturated carbocycles. The van der Waals surface area contributed by atoms with E-state index >= 15 is 0 Å². The Labute approximate surface area is 194 Å². The van der Waals surface area contributed by atoms with Gasteiger partial charge in [-0.25, -0.2) is 9.37 Å². The molecule has 0 bridgehead atoms. The number of benzene rings is 3. The van der Waals surface area contributed by atoms with Gasteiger partial charge in [0.25, 0.3) is 5.56 Å². The van der Waals surface area contributed by atoms with Gasteiger partial charge < -0.3 is 4.42 Å². The van der Waals surface area contributed by atoms with Crippen molar-refractivity contribution < 1.29 is 8.81 Å². The van der Waals surface area contributed by atoms with Crippen LogP contribution in [0, 0.1) is 17.6 Å². The predicted octanol–water partition coefficient (Wildman–Crippen LogP) is 6.41. The third kappa shape index (κ3) is 3.81. The van der Waals surface area contributed by atoms with Gasteiger partial charge in [-0.1, -0.05) is 54.6 Å². The second-order valence-corrected chi connectivity index (χ2v) is 7.96. The molecule has 0 unspecified atom stereocenters. The number of nitrogens with zero attached hydrogens (tertiary/aromatic N) is 3. The maximum Gasteiger partial charge on any atom is 0.265 e. The number of hydrogen-bond donors (Lipinski definition) is 0. The Morgan fingerprint density at radius 1 is 1.00 bits per heavy atom. The maximum atomic E-state index is 14.4. The number of hydrogen-bond acceptors (Lipinski definition) is 5. The number of nitroso groups, excluding NO2 is 1. The van der Waals surface area contributed by atoms with Crippen molar-refractivity contribution in [1.82, 2.24) is 9.55 Å². The zero-order chi connectivity index (χ0) is 23.7. The molecule has 0 fully saturated rings. The molecule has 0 saturated heterocycles. The molecule has 0 radical (unpaired) electrons. The third-order valence-corrected chi connectivity index (χ3v) is 5.81. The summed E-state index contributed by atoms with van der Waals surface area (Å²) in [4.78, 5) is 29.9. The molecular weight excluding hydrogens is 433 g/mol. The first kappa shape index (κ1) is 21.5. The average Bonchev–Trinajstić information content (AvgIpc) is 3.27. The monoisotopic (exact) mass is 453 g/mol. The van der Waals surface area contributed by atoms with Gasteiger partial charge in [0.2, 0.25) is 0 Å². The van der Waals surface area contributed by atoms with Gasteiger partial charge >= 0.3 is 0 Å². The molecule has 5 aromatic rings. The van der Waals surface area contributed by atoms with E-state index in [2.05, 4.69) is 10.2 Å². The fourth-order valence-corrected chi connectivity index (χ4v) is 4.14. The normalized spacial score (nSPS) is 11.1. The van der Waals surface area contributed by atoms with Crippen LogP contribution in [0.15, 0.2) is 93.3 Å². The summed E-state index contributed by atoms with van der Waals surface area (Å²) < 4.78 is 21.8. The van der Waals surface area contributed by atoms with E-state index in [-0.39, 0.29) is 29.2 Å². The molecule has 3 aromatic carbocycles. The van der Waals surface area contributed by atoms with Gasteiger partial charge in [-0.2, -0.15) is 0 Å². The summed E-state index contributed by atoms with van der Waals surface area (Å²) in [5, 5.41) is 3.74. The smallest absolute Gasteiger partial charge is 0.265 e. The van der Waals surface area contributed by atoms with Crippen molar-refractivity contribution in [3.05, 3.63) is 111 Å². The SMILES string of the molecule is Cc1nc(-c2cccc(F)c2N=O)n(CCc2ccccc2)c(=O)c1-c1cc2ccccc2o1. The van der Waals surface area contributed by atoms with Crippen LogP contribution in [0.1, 0.15) is 11.3 Å². The van der Waals surface area contributed by atoms with Gasteiger partial charge in [-0.15, -0.1) is 4.91 Å². The molecule has 6 nitrogen and oxygen atoms in total. The first-order valence-corrected chi connectivity index (χ1v) is 10.8. The van der Waals surface area contributed by atoms with Crippen LogP contribution in [0.25, 0.3) is 33.7 Å². The highest BCUT2D eigenvalue weighted by atomic mass is 19.1. The van der Waals surface area contributed by atoms with Crippen LogP contribution in [0.4, 0.5) is 10.1 Å². The summed E-state index contributed by atoms with van der Waals surface area (Å²) in [7, 11) is 0. The number of rotatable bonds is 6. The summed E-state index contributed by atoms with van der Waals surface area (Å²) >= 11 is 0. The largest absolute Gasteiger partial charge is 0.456 e. The van der Waals surface area contributed by atoms with Crippen molar-refractivity contribution in [3.8, 4) is 22.7 Å². The van der Waals surface area contributed by atoms with Gasteiger partial charge in [-0.3, -0.25) is 9.36 Å². The Morgan fingerprint density at radius 3 is 2.53 bits per heavy atom. The van der Waals surface area contributed by atoms with Crippen LogP contribution in [0.5, 0.6) is 0 Å². The number of aromatic nitrogens is 2. The molecular formula is C27H20FN3O3. The maximum absolute atomic E-state index is 14.4. The van der Waals surface area contributed by atoms with Crippen molar-refractivity contribution in [1.29, 1.82) is 0 Å². The van der Waals surface area contributed by atoms with Crippen LogP contribution < -0.4 is 5.56 Å². The lowest BCUT2D eigenvalue weighted by molar-refractivity contribution is 0.617. The Bertz CT molecular complexity index is 1540. The Balaban J connectivity index is 1.72. The number of halogens is 1. The molecule has 168 valence electrons. The summed E-state index contributed by atoms with van der Waals surface area (Å²) in [6, 6.07) is 23.2. The molecule has 0 aliphatic rings. The molecule has 0 aliphatic heterocycles. The first-order chi connectivity index (χ1) is 16.6. The first-order valence-electron chi connectivity index (χ1n) is 10.8. The second kappa shape index (κ2) is 8.86. The molecule has 0 spiro atoms. The lowest BCUT2D eigenvalue weighted by Gasteiger charge is -2.16. The van der Waals surface area contributed by atoms with Crippen molar-refractivity contribution in [2.75, 3.05) is 0 Å². The van der Waals surface area contributed by atoms with Crippen molar-refractivity contribution in [2.24, 2.45) is 5.18 Å². The topological polar surface area (TPSA) is 77.5 Å². The minimum Gasteiger partial charge on any atom is -0.456 e. The zero-order valence-corrected chi connectivity index (χ0v) is 18.4. The lowest BCUT2D eigenvalue weighted by atomic mass is 10.1. The fourth-order valence-electron chi connectivity index (χ4n) is 4.14. The summed E-state index contributed by atoms with van der Waals surface area (Å²) in [6.45, 7) is 1.97. The van der Waals surface area contributed by atoms with Crippen molar-refractivity contribution in [3.63, 3.8) is 0 Å². The molecule has 2 heterocycles. The van der Waals surface area contributed by atoms with Crippen LogP contribution in [-0.2, 0) is 13.0 Å². The van der Waals surface area contributed by atoms with E-state index in [4.69, 9.17) is 4.42 Å². The summed E-state index contributed by atoms with van der Waals surface area (Å²) in [6.07, 6.45) is 0.539. The highest BCUT2D eigenvalue weighted by Crippen LogP contribution is 2.33. The van der Waals surface area contributed by atoms with E-state index in [1.165, 1.54) is 10.6 Å². The van der Waals surface area contributed by atoms with Crippen molar-refractivity contribution in [2.45, 2.75) is 19.9 Å². The van der Waals surface area contributed by atoms with E-state index in [1.807, 2.05) is 60.7 Å². The van der Waals surface area contributed by atoms with E-state index in [9.17, 15) is 14.1 Å². The Kier molecular flexibility index (Phi) is 5.59. The van der Waals surface area contributed by atoms with Gasteiger partial charge in [0, 0.05) is 17.5 Å². The summed E-state index contributed by atoms with van der Waals surface area (Å²) in [5.41, 5.74) is 1.88. The predicted molar refractivity (Wildman–Crippen MR) is 129 cm³/mol. The average molecular weight is 453 g/mol. The van der Waals surface area contributed by atoms with Crippen LogP contribution in [-0.4, -0.2) is 9.55 Å². The van der Waals surface area contributed by atoms with E-state index in [1.54, 1.807) is 13.0 Å². The number of aryl methyl sites for hydroxylation is 2. The van der Waals surface area contributed by atoms with Crippen LogP contribution >= 0.6 is 0 Å². The third-order valence-electron chi connectivity index (χ3n) is 5.81. The standard InChI is InChI=1S/C27H20FN3O3/c1-17-24(23-16-19-10-5-6-13-22(19)34-23)27(32)31(15-14-18-8-3-2-4-9-18)26(29-17)20-11-7-12-21(28)25(20)30-33/h2-13,16H,14-15H2,1H3. The molecule has 0 amide bonds. The van der Waals surface area contributed by atoms with E-state index in [0.717, 1.165) is 17.0 Å². The number of fused-ring (bicyclic) bond motifs is 1. The quantitative estimate of drug-likeness (QED) is 0.278. The van der Waals surface area contributed by atoms with Crippen molar-refractivity contribution >= 4 is 16.7 Å². The lowest BCUT2D eigenvalue weighted by Crippen LogP contribution is -2.27. The molecule has 0 N–H and O–H groups in total. The molecule has 0 atom stereocenters. The molecule has 34 heavy (non-hydrogen) atoms. The minimum absolute atomic E-state index is 0.166. The molecule has 7 heteroatoms. The Morgan fingerprint density at radius 2 is 1.76 bits per heavy atom. The molecule has 0 aliphatic carbocycles. The van der Waals surface area contributed by atoms with Gasteiger partial charge in [0.1, 0.15) is 22.7 Å². The highest BCUT2D eigenvalue weighted by molar-refractivity contribution is 5.83. The minimum atomic E-state index is -0.768. The van der Waals surface area contributed by atoms with E-state index in [0.29, 0.717) is 29.0 Å². The fraction of sp³-hybridized carbons (Fsp3) is 0.111. The van der Waals surface area contributed by atoms with Gasteiger partial charge in [0.15, 0.2) is 11.5 Å². The second-order valence-electron chi connectivity index (χ2n) is 7.96.